The van der Waals surface area contributed by atoms with E-state index < -0.39 is 0 Å². The molecule has 0 radical (unpaired) electrons. The van der Waals surface area contributed by atoms with Crippen molar-refractivity contribution in [1.82, 2.24) is 20.4 Å². The standard InChI is InChI=1S/C23H23FN4O3S/c1-5-28-13(2)19(22-26-21(27-31-22)14-6-9-16(24)10-7-14)20(25-23(28)32)15-8-11-17(29-3)18(12-15)30-4/h6-12,20H,5H2,1-4H3,(H,25,32). The molecule has 0 amide bonds. The third kappa shape index (κ3) is 3.91. The number of rotatable bonds is 6. The molecule has 0 spiro atoms. The highest BCUT2D eigenvalue weighted by Crippen LogP contribution is 2.40. The smallest absolute Gasteiger partial charge is 0.258 e. The zero-order valence-corrected chi connectivity index (χ0v) is 19.0. The van der Waals surface area contributed by atoms with Crippen molar-refractivity contribution in [3.8, 4) is 22.9 Å². The fraction of sp³-hybridized carbons (Fsp3) is 0.261. The second-order valence-electron chi connectivity index (χ2n) is 7.17. The van der Waals surface area contributed by atoms with Gasteiger partial charge in [0.05, 0.1) is 25.8 Å². The minimum atomic E-state index is -0.341. The first kappa shape index (κ1) is 21.8. The van der Waals surface area contributed by atoms with Crippen LogP contribution in [0, 0.1) is 5.82 Å². The maximum Gasteiger partial charge on any atom is 0.258 e. The summed E-state index contributed by atoms with van der Waals surface area (Å²) >= 11 is 5.61. The number of benzene rings is 2. The molecule has 7 nitrogen and oxygen atoms in total. The van der Waals surface area contributed by atoms with E-state index in [2.05, 4.69) is 15.5 Å². The van der Waals surface area contributed by atoms with Crippen LogP contribution in [0.1, 0.15) is 31.3 Å². The van der Waals surface area contributed by atoms with Crippen molar-refractivity contribution in [2.45, 2.75) is 19.9 Å². The number of nitrogens with zero attached hydrogens (tertiary/aromatic N) is 3. The van der Waals surface area contributed by atoms with Gasteiger partial charge in [0, 0.05) is 17.8 Å². The Morgan fingerprint density at radius 2 is 1.84 bits per heavy atom. The lowest BCUT2D eigenvalue weighted by Gasteiger charge is -2.36. The number of halogens is 1. The highest BCUT2D eigenvalue weighted by Gasteiger charge is 2.34. The van der Waals surface area contributed by atoms with Crippen molar-refractivity contribution in [1.29, 1.82) is 0 Å². The average Bonchev–Trinajstić information content (AvgIpc) is 3.28. The maximum atomic E-state index is 13.3. The van der Waals surface area contributed by atoms with E-state index in [0.29, 0.717) is 40.4 Å². The van der Waals surface area contributed by atoms with Gasteiger partial charge in [-0.1, -0.05) is 11.2 Å². The summed E-state index contributed by atoms with van der Waals surface area (Å²) in [4.78, 5) is 6.58. The third-order valence-electron chi connectivity index (χ3n) is 5.41. The van der Waals surface area contributed by atoms with Crippen molar-refractivity contribution in [2.24, 2.45) is 0 Å². The Morgan fingerprint density at radius 3 is 2.50 bits per heavy atom. The predicted octanol–water partition coefficient (Wildman–Crippen LogP) is 4.58. The fourth-order valence-electron chi connectivity index (χ4n) is 3.77. The van der Waals surface area contributed by atoms with Crippen LogP contribution in [0.5, 0.6) is 11.5 Å². The van der Waals surface area contributed by atoms with E-state index in [4.69, 9.17) is 26.2 Å². The number of methoxy groups -OCH3 is 2. The van der Waals surface area contributed by atoms with E-state index in [1.165, 1.54) is 12.1 Å². The van der Waals surface area contributed by atoms with Crippen LogP contribution in [0.15, 0.2) is 52.7 Å². The Bertz CT molecular complexity index is 1180. The molecule has 0 aliphatic carbocycles. The molecule has 0 bridgehead atoms. The zero-order valence-electron chi connectivity index (χ0n) is 18.2. The molecule has 1 N–H and O–H groups in total. The molecule has 32 heavy (non-hydrogen) atoms. The Labute approximate surface area is 190 Å². The molecule has 2 aromatic carbocycles. The molecule has 1 aliphatic rings. The number of hydrogen-bond donors (Lipinski definition) is 1. The summed E-state index contributed by atoms with van der Waals surface area (Å²) in [6.07, 6.45) is 0. The van der Waals surface area contributed by atoms with Crippen molar-refractivity contribution in [3.05, 3.63) is 65.4 Å². The zero-order chi connectivity index (χ0) is 22.8. The molecule has 1 aromatic heterocycles. The number of thiocarbonyl (C=S) groups is 1. The van der Waals surface area contributed by atoms with Crippen LogP contribution in [0.2, 0.25) is 0 Å². The lowest BCUT2D eigenvalue weighted by Crippen LogP contribution is -2.45. The summed E-state index contributed by atoms with van der Waals surface area (Å²) in [6.45, 7) is 4.67. The third-order valence-corrected chi connectivity index (χ3v) is 5.75. The summed E-state index contributed by atoms with van der Waals surface area (Å²) in [5, 5.41) is 8.11. The van der Waals surface area contributed by atoms with E-state index in [-0.39, 0.29) is 11.9 Å². The first-order valence-corrected chi connectivity index (χ1v) is 10.5. The van der Waals surface area contributed by atoms with Crippen molar-refractivity contribution in [2.75, 3.05) is 20.8 Å². The van der Waals surface area contributed by atoms with Crippen LogP contribution in [0.25, 0.3) is 17.0 Å². The minimum Gasteiger partial charge on any atom is -0.493 e. The highest BCUT2D eigenvalue weighted by atomic mass is 32.1. The first-order valence-electron chi connectivity index (χ1n) is 10.1. The van der Waals surface area contributed by atoms with E-state index in [1.54, 1.807) is 26.4 Å². The molecule has 1 aliphatic heterocycles. The van der Waals surface area contributed by atoms with Gasteiger partial charge in [0.15, 0.2) is 16.6 Å². The van der Waals surface area contributed by atoms with Crippen molar-refractivity contribution in [3.63, 3.8) is 0 Å². The molecular weight excluding hydrogens is 431 g/mol. The van der Waals surface area contributed by atoms with Gasteiger partial charge in [-0.05, 0) is 68.0 Å². The monoisotopic (exact) mass is 454 g/mol. The number of allylic oxidation sites excluding steroid dienone is 1. The van der Waals surface area contributed by atoms with Gasteiger partial charge in [-0.15, -0.1) is 0 Å². The molecule has 9 heteroatoms. The van der Waals surface area contributed by atoms with Crippen LogP contribution in [-0.2, 0) is 0 Å². The van der Waals surface area contributed by atoms with Gasteiger partial charge < -0.3 is 24.2 Å². The average molecular weight is 455 g/mol. The Morgan fingerprint density at radius 1 is 1.12 bits per heavy atom. The van der Waals surface area contributed by atoms with Gasteiger partial charge in [0.1, 0.15) is 5.82 Å². The molecule has 0 saturated heterocycles. The van der Waals surface area contributed by atoms with Gasteiger partial charge in [-0.25, -0.2) is 4.39 Å². The molecule has 3 aromatic rings. The first-order chi connectivity index (χ1) is 15.5. The molecule has 0 saturated carbocycles. The van der Waals surface area contributed by atoms with Crippen LogP contribution in [0.3, 0.4) is 0 Å². The van der Waals surface area contributed by atoms with E-state index in [9.17, 15) is 4.39 Å². The fourth-order valence-corrected chi connectivity index (χ4v) is 4.15. The largest absolute Gasteiger partial charge is 0.493 e. The van der Waals surface area contributed by atoms with Gasteiger partial charge in [0.2, 0.25) is 5.82 Å². The minimum absolute atomic E-state index is 0.326. The number of aromatic nitrogens is 2. The second-order valence-corrected chi connectivity index (χ2v) is 7.56. The molecule has 0 fully saturated rings. The van der Waals surface area contributed by atoms with Crippen LogP contribution in [-0.4, -0.2) is 40.9 Å². The van der Waals surface area contributed by atoms with Crippen LogP contribution >= 0.6 is 12.2 Å². The van der Waals surface area contributed by atoms with Crippen molar-refractivity contribution < 1.29 is 18.4 Å². The summed E-state index contributed by atoms with van der Waals surface area (Å²) in [5.41, 5.74) is 3.27. The van der Waals surface area contributed by atoms with Gasteiger partial charge >= 0.3 is 0 Å². The predicted molar refractivity (Wildman–Crippen MR) is 123 cm³/mol. The van der Waals surface area contributed by atoms with E-state index in [0.717, 1.165) is 16.8 Å². The topological polar surface area (TPSA) is 72.7 Å². The number of hydrogen-bond acceptors (Lipinski definition) is 6. The Hall–Kier alpha value is -3.46. The summed E-state index contributed by atoms with van der Waals surface area (Å²) in [5.74, 6) is 1.64. The van der Waals surface area contributed by atoms with E-state index in [1.807, 2.05) is 36.9 Å². The highest BCUT2D eigenvalue weighted by molar-refractivity contribution is 7.80. The summed E-state index contributed by atoms with van der Waals surface area (Å²) in [7, 11) is 3.18. The lowest BCUT2D eigenvalue weighted by atomic mass is 9.94. The molecule has 4 rings (SSSR count). The SMILES string of the molecule is CCN1C(=S)NC(c2ccc(OC)c(OC)c2)C(c2nc(-c3ccc(F)cc3)no2)=C1C. The summed E-state index contributed by atoms with van der Waals surface area (Å²) in [6, 6.07) is 11.3. The van der Waals surface area contributed by atoms with Crippen LogP contribution < -0.4 is 14.8 Å². The number of ether oxygens (including phenoxy) is 2. The normalized spacial score (nSPS) is 16.2. The maximum absolute atomic E-state index is 13.3. The molecule has 166 valence electrons. The van der Waals surface area contributed by atoms with Gasteiger partial charge in [0.25, 0.3) is 5.89 Å². The lowest BCUT2D eigenvalue weighted by molar-refractivity contribution is 0.354. The Kier molecular flexibility index (Phi) is 6.09. The van der Waals surface area contributed by atoms with Crippen LogP contribution in [0.4, 0.5) is 4.39 Å². The molecular formula is C23H23FN4O3S. The van der Waals surface area contributed by atoms with Gasteiger partial charge in [-0.2, -0.15) is 4.98 Å². The Balaban J connectivity index is 1.81. The molecule has 2 heterocycles. The van der Waals surface area contributed by atoms with Crippen molar-refractivity contribution >= 4 is 22.9 Å². The number of nitrogens with one attached hydrogen (secondary N) is 1. The second kappa shape index (κ2) is 8.96. The summed E-state index contributed by atoms with van der Waals surface area (Å²) < 4.78 is 29.8. The van der Waals surface area contributed by atoms with E-state index >= 15 is 0 Å². The quantitative estimate of drug-likeness (QED) is 0.543. The molecule has 1 atom stereocenters. The molecule has 1 unspecified atom stereocenters. The van der Waals surface area contributed by atoms with Gasteiger partial charge in [-0.3, -0.25) is 0 Å².